The minimum atomic E-state index is -0.158. The highest BCUT2D eigenvalue weighted by Gasteiger charge is 2.05. The zero-order chi connectivity index (χ0) is 17.4. The Balaban J connectivity index is 1.77. The molecule has 2 aromatic carbocycles. The Morgan fingerprint density at radius 2 is 1.67 bits per heavy atom. The molecule has 0 fully saturated rings. The van der Waals surface area contributed by atoms with Crippen molar-refractivity contribution in [3.8, 4) is 5.75 Å². The van der Waals surface area contributed by atoms with Crippen LogP contribution in [0.5, 0.6) is 5.75 Å². The molecule has 0 atom stereocenters. The van der Waals surface area contributed by atoms with E-state index in [2.05, 4.69) is 16.0 Å². The number of nitrogens with one attached hydrogen (secondary N) is 3. The molecule has 2 amide bonds. The average molecular weight is 327 g/mol. The second-order valence-electron chi connectivity index (χ2n) is 5.16. The van der Waals surface area contributed by atoms with Gasteiger partial charge >= 0.3 is 0 Å². The Morgan fingerprint density at radius 3 is 2.25 bits per heavy atom. The summed E-state index contributed by atoms with van der Waals surface area (Å²) in [5, 5.41) is 8.41. The summed E-state index contributed by atoms with van der Waals surface area (Å²) >= 11 is 0. The summed E-state index contributed by atoms with van der Waals surface area (Å²) in [5.41, 5.74) is 2.27. The van der Waals surface area contributed by atoms with E-state index in [0.717, 1.165) is 11.3 Å². The molecule has 6 nitrogen and oxygen atoms in total. The SMILES string of the molecule is CNC(=O)c1ccc(NC(=O)CNCc2ccc(OC)cc2)cc1. The largest absolute Gasteiger partial charge is 0.497 e. The van der Waals surface area contributed by atoms with Crippen LogP contribution in [0.3, 0.4) is 0 Å². The van der Waals surface area contributed by atoms with Crippen molar-refractivity contribution in [2.45, 2.75) is 6.54 Å². The molecule has 0 aliphatic carbocycles. The van der Waals surface area contributed by atoms with Crippen LogP contribution in [0.4, 0.5) is 5.69 Å². The van der Waals surface area contributed by atoms with Crippen LogP contribution in [-0.2, 0) is 11.3 Å². The molecule has 126 valence electrons. The predicted octanol–water partition coefficient (Wildman–Crippen LogP) is 1.78. The van der Waals surface area contributed by atoms with Gasteiger partial charge < -0.3 is 20.7 Å². The van der Waals surface area contributed by atoms with Crippen LogP contribution < -0.4 is 20.7 Å². The summed E-state index contributed by atoms with van der Waals surface area (Å²) in [4.78, 5) is 23.4. The molecule has 0 bridgehead atoms. The van der Waals surface area contributed by atoms with Crippen molar-refractivity contribution < 1.29 is 14.3 Å². The topological polar surface area (TPSA) is 79.5 Å². The lowest BCUT2D eigenvalue weighted by molar-refractivity contribution is -0.115. The van der Waals surface area contributed by atoms with E-state index in [0.29, 0.717) is 17.8 Å². The van der Waals surface area contributed by atoms with Crippen LogP contribution in [-0.4, -0.2) is 32.5 Å². The third-order valence-corrected chi connectivity index (χ3v) is 3.43. The molecule has 0 aromatic heterocycles. The quantitative estimate of drug-likeness (QED) is 0.724. The summed E-state index contributed by atoms with van der Waals surface area (Å²) in [6.45, 7) is 0.788. The maximum absolute atomic E-state index is 11.9. The third-order valence-electron chi connectivity index (χ3n) is 3.43. The smallest absolute Gasteiger partial charge is 0.251 e. The summed E-state index contributed by atoms with van der Waals surface area (Å²) in [6.07, 6.45) is 0. The van der Waals surface area contributed by atoms with Gasteiger partial charge in [0.25, 0.3) is 5.91 Å². The van der Waals surface area contributed by atoms with Crippen LogP contribution >= 0.6 is 0 Å². The van der Waals surface area contributed by atoms with Gasteiger partial charge in [0.2, 0.25) is 5.91 Å². The number of carbonyl (C=O) groups excluding carboxylic acids is 2. The number of hydrogen-bond acceptors (Lipinski definition) is 4. The number of amides is 2. The molecule has 2 rings (SSSR count). The van der Waals surface area contributed by atoms with Gasteiger partial charge in [0.05, 0.1) is 13.7 Å². The van der Waals surface area contributed by atoms with Gasteiger partial charge in [0.15, 0.2) is 0 Å². The lowest BCUT2D eigenvalue weighted by Gasteiger charge is -2.08. The van der Waals surface area contributed by atoms with Crippen LogP contribution in [0.1, 0.15) is 15.9 Å². The molecule has 24 heavy (non-hydrogen) atoms. The lowest BCUT2D eigenvalue weighted by Crippen LogP contribution is -2.27. The van der Waals surface area contributed by atoms with Crippen molar-refractivity contribution in [3.05, 3.63) is 59.7 Å². The molecule has 0 heterocycles. The Labute approximate surface area is 141 Å². The fraction of sp³-hybridized carbons (Fsp3) is 0.222. The fourth-order valence-electron chi connectivity index (χ4n) is 2.12. The van der Waals surface area contributed by atoms with Crippen molar-refractivity contribution in [1.29, 1.82) is 0 Å². The Bertz CT molecular complexity index is 682. The molecule has 0 radical (unpaired) electrons. The van der Waals surface area contributed by atoms with Crippen LogP contribution in [0.25, 0.3) is 0 Å². The maximum atomic E-state index is 11.9. The summed E-state index contributed by atoms with van der Waals surface area (Å²) in [5.74, 6) is 0.502. The number of rotatable bonds is 7. The summed E-state index contributed by atoms with van der Waals surface area (Å²) in [7, 11) is 3.20. The molecule has 2 aromatic rings. The van der Waals surface area contributed by atoms with Crippen LogP contribution in [0.2, 0.25) is 0 Å². The standard InChI is InChI=1S/C18H21N3O3/c1-19-18(23)14-5-7-15(8-6-14)21-17(22)12-20-11-13-3-9-16(24-2)10-4-13/h3-10,20H,11-12H2,1-2H3,(H,19,23)(H,21,22). The van der Waals surface area contributed by atoms with Gasteiger partial charge in [-0.15, -0.1) is 0 Å². The van der Waals surface area contributed by atoms with E-state index in [4.69, 9.17) is 4.74 Å². The molecule has 0 saturated heterocycles. The number of ether oxygens (including phenoxy) is 1. The Kier molecular flexibility index (Phi) is 6.33. The van der Waals surface area contributed by atoms with Crippen molar-refractivity contribution in [2.24, 2.45) is 0 Å². The molecular weight excluding hydrogens is 306 g/mol. The molecule has 0 spiro atoms. The van der Waals surface area contributed by atoms with Crippen LogP contribution in [0.15, 0.2) is 48.5 Å². The monoisotopic (exact) mass is 327 g/mol. The first-order valence-corrected chi connectivity index (χ1v) is 7.58. The Hall–Kier alpha value is -2.86. The zero-order valence-corrected chi connectivity index (χ0v) is 13.8. The van der Waals surface area contributed by atoms with Gasteiger partial charge in [0.1, 0.15) is 5.75 Å². The molecule has 0 aliphatic rings. The molecular formula is C18H21N3O3. The third kappa shape index (κ3) is 5.10. The van der Waals surface area contributed by atoms with Gasteiger partial charge in [0, 0.05) is 24.8 Å². The minimum Gasteiger partial charge on any atom is -0.497 e. The van der Waals surface area contributed by atoms with E-state index in [1.165, 1.54) is 0 Å². The number of carbonyl (C=O) groups is 2. The summed E-state index contributed by atoms with van der Waals surface area (Å²) in [6, 6.07) is 14.4. The van der Waals surface area contributed by atoms with Gasteiger partial charge in [-0.05, 0) is 42.0 Å². The number of hydrogen-bond donors (Lipinski definition) is 3. The van der Waals surface area contributed by atoms with Gasteiger partial charge in [-0.1, -0.05) is 12.1 Å². The van der Waals surface area contributed by atoms with E-state index < -0.39 is 0 Å². The Morgan fingerprint density at radius 1 is 1.00 bits per heavy atom. The highest BCUT2D eigenvalue weighted by Crippen LogP contribution is 2.11. The van der Waals surface area contributed by atoms with Crippen molar-refractivity contribution in [3.63, 3.8) is 0 Å². The first-order chi connectivity index (χ1) is 11.6. The van der Waals surface area contributed by atoms with E-state index >= 15 is 0 Å². The van der Waals surface area contributed by atoms with E-state index in [-0.39, 0.29) is 18.4 Å². The maximum Gasteiger partial charge on any atom is 0.251 e. The number of anilines is 1. The van der Waals surface area contributed by atoms with Gasteiger partial charge in [-0.3, -0.25) is 9.59 Å². The average Bonchev–Trinajstić information content (AvgIpc) is 2.62. The van der Waals surface area contributed by atoms with E-state index in [9.17, 15) is 9.59 Å². The molecule has 6 heteroatoms. The van der Waals surface area contributed by atoms with Crippen LogP contribution in [0, 0.1) is 0 Å². The van der Waals surface area contributed by atoms with Gasteiger partial charge in [-0.2, -0.15) is 0 Å². The van der Waals surface area contributed by atoms with Crippen molar-refractivity contribution >= 4 is 17.5 Å². The first-order valence-electron chi connectivity index (χ1n) is 7.58. The molecule has 3 N–H and O–H groups in total. The van der Waals surface area contributed by atoms with Crippen molar-refractivity contribution in [2.75, 3.05) is 26.0 Å². The van der Waals surface area contributed by atoms with Gasteiger partial charge in [-0.25, -0.2) is 0 Å². The first kappa shape index (κ1) is 17.5. The molecule has 0 unspecified atom stereocenters. The second kappa shape index (κ2) is 8.69. The molecule has 0 aliphatic heterocycles. The predicted molar refractivity (Wildman–Crippen MR) is 93.2 cm³/mol. The second-order valence-corrected chi connectivity index (χ2v) is 5.16. The summed E-state index contributed by atoms with van der Waals surface area (Å²) < 4.78 is 5.10. The van der Waals surface area contributed by atoms with E-state index in [1.54, 1.807) is 38.4 Å². The lowest BCUT2D eigenvalue weighted by atomic mass is 10.2. The zero-order valence-electron chi connectivity index (χ0n) is 13.8. The number of benzene rings is 2. The fourth-order valence-corrected chi connectivity index (χ4v) is 2.12. The highest BCUT2D eigenvalue weighted by atomic mass is 16.5. The highest BCUT2D eigenvalue weighted by molar-refractivity contribution is 5.96. The normalized spacial score (nSPS) is 10.1. The molecule has 0 saturated carbocycles. The van der Waals surface area contributed by atoms with Crippen molar-refractivity contribution in [1.82, 2.24) is 10.6 Å². The number of methoxy groups -OCH3 is 1. The minimum absolute atomic E-state index is 0.142. The van der Waals surface area contributed by atoms with E-state index in [1.807, 2.05) is 24.3 Å².